The predicted octanol–water partition coefficient (Wildman–Crippen LogP) is 1.29. The fraction of sp³-hybridized carbons (Fsp3) is 0.556. The number of ether oxygens (including phenoxy) is 1. The number of carbonyl (C=O) groups excluding carboxylic acids is 6. The van der Waals surface area contributed by atoms with Gasteiger partial charge in [-0.1, -0.05) is 26.0 Å². The maximum Gasteiger partial charge on any atom is 0.312 e. The van der Waals surface area contributed by atoms with E-state index in [4.69, 9.17) is 22.1 Å². The Kier molecular flexibility index (Phi) is 16.5. The average molecular weight is 597 g/mol. The molecule has 1 rings (SSSR count). The van der Waals surface area contributed by atoms with Crippen molar-refractivity contribution in [2.45, 2.75) is 71.6 Å². The van der Waals surface area contributed by atoms with Crippen molar-refractivity contribution in [2.75, 3.05) is 24.3 Å². The zero-order valence-electron chi connectivity index (χ0n) is 23.7. The van der Waals surface area contributed by atoms with Gasteiger partial charge in [0.2, 0.25) is 23.6 Å². The van der Waals surface area contributed by atoms with Gasteiger partial charge in [-0.05, 0) is 49.3 Å². The van der Waals surface area contributed by atoms with Crippen molar-refractivity contribution in [1.82, 2.24) is 21.3 Å². The van der Waals surface area contributed by atoms with E-state index in [0.29, 0.717) is 31.5 Å². The number of benzene rings is 1. The molecule has 6 amide bonds. The highest BCUT2D eigenvalue weighted by Crippen LogP contribution is 2.13. The van der Waals surface area contributed by atoms with Crippen LogP contribution in [-0.4, -0.2) is 66.7 Å². The highest BCUT2D eigenvalue weighted by Gasteiger charge is 2.28. The largest absolute Gasteiger partial charge is 0.461 e. The van der Waals surface area contributed by atoms with Gasteiger partial charge in [-0.2, -0.15) is 0 Å². The number of hydrogen-bond donors (Lipinski definition) is 6. The zero-order valence-corrected chi connectivity index (χ0v) is 24.5. The van der Waals surface area contributed by atoms with Gasteiger partial charge >= 0.3 is 12.0 Å². The highest BCUT2D eigenvalue weighted by molar-refractivity contribution is 6.27. The molecule has 1 aromatic rings. The van der Waals surface area contributed by atoms with Gasteiger partial charge in [0, 0.05) is 32.1 Å². The maximum atomic E-state index is 13.2. The summed E-state index contributed by atoms with van der Waals surface area (Å²) in [6.07, 6.45) is 1.76. The average Bonchev–Trinajstić information content (AvgIpc) is 2.92. The molecule has 0 spiro atoms. The fourth-order valence-corrected chi connectivity index (χ4v) is 3.71. The van der Waals surface area contributed by atoms with Crippen LogP contribution < -0.4 is 32.3 Å². The summed E-state index contributed by atoms with van der Waals surface area (Å²) >= 11 is 5.43. The number of alkyl halides is 1. The first-order chi connectivity index (χ1) is 19.4. The Balaban J connectivity index is 2.81. The molecule has 0 aliphatic carbocycles. The van der Waals surface area contributed by atoms with Gasteiger partial charge < -0.3 is 37.1 Å². The minimum atomic E-state index is -0.971. The molecule has 13 nitrogen and oxygen atoms in total. The molecule has 0 aliphatic rings. The molecular formula is C27H41ClN6O7. The zero-order chi connectivity index (χ0) is 30.8. The van der Waals surface area contributed by atoms with Crippen LogP contribution in [0, 0.1) is 5.92 Å². The van der Waals surface area contributed by atoms with E-state index in [9.17, 15) is 28.8 Å². The Bertz CT molecular complexity index is 1040. The van der Waals surface area contributed by atoms with Crippen molar-refractivity contribution < 1.29 is 33.5 Å². The van der Waals surface area contributed by atoms with Crippen LogP contribution in [0.2, 0.25) is 0 Å². The summed E-state index contributed by atoms with van der Waals surface area (Å²) in [6, 6.07) is 4.11. The lowest BCUT2D eigenvalue weighted by molar-refractivity contribution is -0.142. The summed E-state index contributed by atoms with van der Waals surface area (Å²) in [5.41, 5.74) is 6.30. The van der Waals surface area contributed by atoms with Crippen LogP contribution in [0.1, 0.15) is 58.4 Å². The number of nitrogens with two attached hydrogens (primary N) is 1. The number of nitrogens with one attached hydrogen (secondary N) is 5. The minimum absolute atomic E-state index is 0.0992. The number of primary amides is 1. The van der Waals surface area contributed by atoms with Crippen LogP contribution in [0.3, 0.4) is 0 Å². The Morgan fingerprint density at radius 2 is 1.54 bits per heavy atom. The number of unbranched alkanes of at least 4 members (excludes halogenated alkanes) is 1. The van der Waals surface area contributed by atoms with Gasteiger partial charge in [0.05, 0.1) is 0 Å². The van der Waals surface area contributed by atoms with Crippen LogP contribution in [0.5, 0.6) is 0 Å². The van der Waals surface area contributed by atoms with E-state index in [1.54, 1.807) is 38.1 Å². The quantitative estimate of drug-likeness (QED) is 0.0833. The molecule has 0 bridgehead atoms. The second-order valence-electron chi connectivity index (χ2n) is 9.69. The first kappa shape index (κ1) is 35.2. The normalized spacial score (nSPS) is 12.0. The van der Waals surface area contributed by atoms with Crippen molar-refractivity contribution in [3.05, 3.63) is 29.8 Å². The summed E-state index contributed by atoms with van der Waals surface area (Å²) in [5.74, 6) is -2.44. The lowest BCUT2D eigenvalue weighted by Crippen LogP contribution is -2.54. The van der Waals surface area contributed by atoms with E-state index >= 15 is 0 Å². The van der Waals surface area contributed by atoms with E-state index in [0.717, 1.165) is 5.56 Å². The first-order valence-electron chi connectivity index (χ1n) is 13.4. The highest BCUT2D eigenvalue weighted by atomic mass is 35.5. The van der Waals surface area contributed by atoms with E-state index in [1.807, 2.05) is 0 Å². The van der Waals surface area contributed by atoms with Crippen LogP contribution in [0.4, 0.5) is 10.5 Å². The second-order valence-corrected chi connectivity index (χ2v) is 9.96. The third-order valence-electron chi connectivity index (χ3n) is 5.81. The molecule has 0 saturated carbocycles. The monoisotopic (exact) mass is 596 g/mol. The Morgan fingerprint density at radius 1 is 0.878 bits per heavy atom. The van der Waals surface area contributed by atoms with Gasteiger partial charge in [0.25, 0.3) is 0 Å². The van der Waals surface area contributed by atoms with Crippen molar-refractivity contribution >= 4 is 52.9 Å². The summed E-state index contributed by atoms with van der Waals surface area (Å²) < 4.78 is 4.95. The Hall–Kier alpha value is -3.87. The SMILES string of the molecule is CC(=O)OCc1ccc(NC(=O)C(CCCNC(N)=O)NC(=O)C(NC(=O)CCCCNC(=O)CCl)C(C)C)cc1. The van der Waals surface area contributed by atoms with Gasteiger partial charge in [0.1, 0.15) is 24.6 Å². The predicted molar refractivity (Wildman–Crippen MR) is 154 cm³/mol. The third-order valence-corrected chi connectivity index (χ3v) is 6.05. The van der Waals surface area contributed by atoms with Crippen LogP contribution in [0.25, 0.3) is 0 Å². The molecule has 2 unspecified atom stereocenters. The summed E-state index contributed by atoms with van der Waals surface area (Å²) in [4.78, 5) is 72.0. The maximum absolute atomic E-state index is 13.2. The molecule has 0 aliphatic heterocycles. The number of rotatable bonds is 18. The number of carbonyl (C=O) groups is 6. The van der Waals surface area contributed by atoms with Crippen LogP contribution in [-0.2, 0) is 35.3 Å². The molecule has 7 N–H and O–H groups in total. The van der Waals surface area contributed by atoms with Crippen molar-refractivity contribution in [2.24, 2.45) is 11.7 Å². The molecule has 228 valence electrons. The number of urea groups is 1. The van der Waals surface area contributed by atoms with Crippen LogP contribution in [0.15, 0.2) is 24.3 Å². The van der Waals surface area contributed by atoms with E-state index in [-0.39, 0.29) is 49.6 Å². The molecule has 0 saturated heterocycles. The van der Waals surface area contributed by atoms with Crippen molar-refractivity contribution in [3.63, 3.8) is 0 Å². The van der Waals surface area contributed by atoms with Crippen molar-refractivity contribution in [3.8, 4) is 0 Å². The summed E-state index contributed by atoms with van der Waals surface area (Å²) in [7, 11) is 0. The van der Waals surface area contributed by atoms with Gasteiger partial charge in [0.15, 0.2) is 0 Å². The van der Waals surface area contributed by atoms with Gasteiger partial charge in [-0.15, -0.1) is 11.6 Å². The van der Waals surface area contributed by atoms with E-state index < -0.39 is 35.9 Å². The number of amides is 6. The minimum Gasteiger partial charge on any atom is -0.461 e. The molecular weight excluding hydrogens is 556 g/mol. The molecule has 2 atom stereocenters. The lowest BCUT2D eigenvalue weighted by Gasteiger charge is -2.25. The molecule has 1 aromatic carbocycles. The molecule has 0 heterocycles. The van der Waals surface area contributed by atoms with Gasteiger partial charge in [-0.25, -0.2) is 4.79 Å². The van der Waals surface area contributed by atoms with E-state index in [2.05, 4.69) is 26.6 Å². The second kappa shape index (κ2) is 19.2. The third kappa shape index (κ3) is 15.5. The number of anilines is 1. The molecule has 0 radical (unpaired) electrons. The van der Waals surface area contributed by atoms with Crippen molar-refractivity contribution in [1.29, 1.82) is 0 Å². The standard InChI is InChI=1S/C27H41ClN6O7/c1-17(2)24(34-22(36)8-4-5-13-30-23(37)15-28)26(39)33-21(7-6-14-31-27(29)40)25(38)32-20-11-9-19(10-12-20)16-41-18(3)35/h9-12,17,21,24H,4-8,13-16H2,1-3H3,(H,30,37)(H,32,38)(H,33,39)(H,34,36)(H3,29,31,40). The summed E-state index contributed by atoms with van der Waals surface area (Å²) in [6.45, 7) is 5.55. The first-order valence-corrected chi connectivity index (χ1v) is 13.9. The topological polar surface area (TPSA) is 198 Å². The Labute approximate surface area is 245 Å². The number of halogens is 1. The molecule has 41 heavy (non-hydrogen) atoms. The lowest BCUT2D eigenvalue weighted by atomic mass is 10.0. The number of hydrogen-bond acceptors (Lipinski definition) is 7. The fourth-order valence-electron chi connectivity index (χ4n) is 3.61. The Morgan fingerprint density at radius 3 is 2.12 bits per heavy atom. The number of esters is 1. The molecule has 14 heteroatoms. The van der Waals surface area contributed by atoms with E-state index in [1.165, 1.54) is 6.92 Å². The molecule has 0 fully saturated rings. The van der Waals surface area contributed by atoms with Crippen LogP contribution >= 0.6 is 11.6 Å². The molecule has 0 aromatic heterocycles. The smallest absolute Gasteiger partial charge is 0.312 e. The van der Waals surface area contributed by atoms with Gasteiger partial charge in [-0.3, -0.25) is 24.0 Å². The summed E-state index contributed by atoms with van der Waals surface area (Å²) in [5, 5.41) is 13.3.